The maximum absolute atomic E-state index is 11.3. The van der Waals surface area contributed by atoms with Crippen LogP contribution in [0.3, 0.4) is 0 Å². The van der Waals surface area contributed by atoms with Gasteiger partial charge in [0.15, 0.2) is 0 Å². The molecule has 0 bridgehead atoms. The van der Waals surface area contributed by atoms with Crippen LogP contribution >= 0.6 is 11.6 Å². The van der Waals surface area contributed by atoms with E-state index in [0.29, 0.717) is 31.1 Å². The summed E-state index contributed by atoms with van der Waals surface area (Å²) in [5.41, 5.74) is 1.99. The number of nitrogens with one attached hydrogen (secondary N) is 2. The molecule has 0 unspecified atom stereocenters. The third-order valence-electron chi connectivity index (χ3n) is 3.02. The number of carbonyl (C=O) groups excluding carboxylic acids is 1. The van der Waals surface area contributed by atoms with Crippen LogP contribution in [-0.4, -0.2) is 24.0 Å². The van der Waals surface area contributed by atoms with Crippen molar-refractivity contribution in [2.75, 3.05) is 13.1 Å². The minimum atomic E-state index is 0.0686. The van der Waals surface area contributed by atoms with Crippen molar-refractivity contribution in [3.8, 4) is 0 Å². The van der Waals surface area contributed by atoms with E-state index in [1.54, 1.807) is 6.20 Å². The maximum Gasteiger partial charge on any atom is 0.221 e. The number of nitrogens with zero attached hydrogens (tertiary/aromatic N) is 1. The molecular formula is C15H18ClN3O. The Balaban J connectivity index is 1.97. The van der Waals surface area contributed by atoms with Gasteiger partial charge >= 0.3 is 0 Å². The highest BCUT2D eigenvalue weighted by molar-refractivity contribution is 6.35. The molecule has 20 heavy (non-hydrogen) atoms. The molecule has 0 aliphatic rings. The molecule has 1 heterocycles. The average Bonchev–Trinajstić information content (AvgIpc) is 2.46. The van der Waals surface area contributed by atoms with E-state index in [9.17, 15) is 4.79 Å². The van der Waals surface area contributed by atoms with Gasteiger partial charge in [0, 0.05) is 42.7 Å². The highest BCUT2D eigenvalue weighted by Gasteiger charge is 2.05. The van der Waals surface area contributed by atoms with Crippen LogP contribution in [0.4, 0.5) is 0 Å². The summed E-state index contributed by atoms with van der Waals surface area (Å²) in [7, 11) is 0. The third-order valence-corrected chi connectivity index (χ3v) is 3.35. The normalized spacial score (nSPS) is 10.7. The third kappa shape index (κ3) is 3.68. The SMILES string of the molecule is CCNC(=O)CCNCc1ccc(Cl)c2cccnc12. The second-order valence-electron chi connectivity index (χ2n) is 4.49. The van der Waals surface area contributed by atoms with Crippen LogP contribution in [0.25, 0.3) is 10.9 Å². The Morgan fingerprint density at radius 2 is 2.20 bits per heavy atom. The molecule has 2 N–H and O–H groups in total. The number of hydrogen-bond acceptors (Lipinski definition) is 3. The lowest BCUT2D eigenvalue weighted by Crippen LogP contribution is -2.27. The van der Waals surface area contributed by atoms with E-state index >= 15 is 0 Å². The summed E-state index contributed by atoms with van der Waals surface area (Å²) < 4.78 is 0. The predicted molar refractivity (Wildman–Crippen MR) is 81.8 cm³/mol. The number of benzene rings is 1. The monoisotopic (exact) mass is 291 g/mol. The van der Waals surface area contributed by atoms with Gasteiger partial charge in [-0.25, -0.2) is 0 Å². The Morgan fingerprint density at radius 3 is 3.00 bits per heavy atom. The van der Waals surface area contributed by atoms with E-state index in [4.69, 9.17) is 11.6 Å². The first-order chi connectivity index (χ1) is 9.72. The van der Waals surface area contributed by atoms with Crippen molar-refractivity contribution in [3.05, 3.63) is 41.0 Å². The maximum atomic E-state index is 11.3. The fourth-order valence-corrected chi connectivity index (χ4v) is 2.27. The number of halogens is 1. The Labute approximate surface area is 123 Å². The highest BCUT2D eigenvalue weighted by atomic mass is 35.5. The Morgan fingerprint density at radius 1 is 1.35 bits per heavy atom. The number of aromatic nitrogens is 1. The summed E-state index contributed by atoms with van der Waals surface area (Å²) in [5.74, 6) is 0.0686. The molecule has 1 aromatic heterocycles. The molecule has 0 saturated heterocycles. The van der Waals surface area contributed by atoms with Gasteiger partial charge in [-0.15, -0.1) is 0 Å². The highest BCUT2D eigenvalue weighted by Crippen LogP contribution is 2.24. The summed E-state index contributed by atoms with van der Waals surface area (Å²) in [6.45, 7) is 3.90. The van der Waals surface area contributed by atoms with Gasteiger partial charge in [0.05, 0.1) is 5.52 Å². The van der Waals surface area contributed by atoms with Crippen LogP contribution in [0.2, 0.25) is 5.02 Å². The molecule has 0 aliphatic heterocycles. The standard InChI is InChI=1S/C15H18ClN3O/c1-2-18-14(20)7-9-17-10-11-5-6-13(16)12-4-3-8-19-15(11)12/h3-6,8,17H,2,7,9-10H2,1H3,(H,18,20). The molecular weight excluding hydrogens is 274 g/mol. The quantitative estimate of drug-likeness (QED) is 0.804. The minimum Gasteiger partial charge on any atom is -0.356 e. The van der Waals surface area contributed by atoms with Crippen LogP contribution in [0, 0.1) is 0 Å². The molecule has 0 aliphatic carbocycles. The summed E-state index contributed by atoms with van der Waals surface area (Å²) in [4.78, 5) is 15.7. The van der Waals surface area contributed by atoms with Gasteiger partial charge in [0.25, 0.3) is 0 Å². The lowest BCUT2D eigenvalue weighted by atomic mass is 10.1. The lowest BCUT2D eigenvalue weighted by molar-refractivity contribution is -0.120. The Bertz CT molecular complexity index is 601. The fourth-order valence-electron chi connectivity index (χ4n) is 2.05. The molecule has 106 valence electrons. The predicted octanol–water partition coefficient (Wildman–Crippen LogP) is 2.50. The van der Waals surface area contributed by atoms with E-state index in [1.165, 1.54) is 0 Å². The van der Waals surface area contributed by atoms with Gasteiger partial charge in [0.2, 0.25) is 5.91 Å². The Kier molecular flexibility index (Phi) is 5.32. The van der Waals surface area contributed by atoms with Gasteiger partial charge in [-0.3, -0.25) is 9.78 Å². The van der Waals surface area contributed by atoms with Crippen molar-refractivity contribution >= 4 is 28.4 Å². The minimum absolute atomic E-state index is 0.0686. The van der Waals surface area contributed by atoms with Crippen molar-refractivity contribution in [1.82, 2.24) is 15.6 Å². The number of amides is 1. The van der Waals surface area contributed by atoms with Crippen LogP contribution in [0.5, 0.6) is 0 Å². The smallest absolute Gasteiger partial charge is 0.221 e. The van der Waals surface area contributed by atoms with Crippen molar-refractivity contribution in [2.45, 2.75) is 19.9 Å². The topological polar surface area (TPSA) is 54.0 Å². The first kappa shape index (κ1) is 14.8. The van der Waals surface area contributed by atoms with Crippen molar-refractivity contribution in [3.63, 3.8) is 0 Å². The zero-order valence-corrected chi connectivity index (χ0v) is 12.2. The second kappa shape index (κ2) is 7.22. The first-order valence-electron chi connectivity index (χ1n) is 6.72. The van der Waals surface area contributed by atoms with Crippen LogP contribution in [-0.2, 0) is 11.3 Å². The Hall–Kier alpha value is -1.65. The van der Waals surface area contributed by atoms with Crippen LogP contribution < -0.4 is 10.6 Å². The summed E-state index contributed by atoms with van der Waals surface area (Å²) in [6.07, 6.45) is 2.24. The summed E-state index contributed by atoms with van der Waals surface area (Å²) in [6, 6.07) is 7.69. The van der Waals surface area contributed by atoms with Gasteiger partial charge in [-0.1, -0.05) is 17.7 Å². The van der Waals surface area contributed by atoms with Crippen molar-refractivity contribution < 1.29 is 4.79 Å². The van der Waals surface area contributed by atoms with Crippen LogP contribution in [0.15, 0.2) is 30.5 Å². The van der Waals surface area contributed by atoms with E-state index in [1.807, 2.05) is 31.2 Å². The van der Waals surface area contributed by atoms with Crippen LogP contribution in [0.1, 0.15) is 18.9 Å². The molecule has 0 fully saturated rings. The zero-order valence-electron chi connectivity index (χ0n) is 11.4. The second-order valence-corrected chi connectivity index (χ2v) is 4.89. The van der Waals surface area contributed by atoms with Crippen molar-refractivity contribution in [1.29, 1.82) is 0 Å². The number of fused-ring (bicyclic) bond motifs is 1. The molecule has 0 atom stereocenters. The van der Waals surface area contributed by atoms with Gasteiger partial charge in [-0.05, 0) is 30.7 Å². The summed E-state index contributed by atoms with van der Waals surface area (Å²) >= 11 is 6.15. The molecule has 4 nitrogen and oxygen atoms in total. The molecule has 0 radical (unpaired) electrons. The molecule has 0 saturated carbocycles. The number of pyridine rings is 1. The van der Waals surface area contributed by atoms with E-state index in [2.05, 4.69) is 15.6 Å². The van der Waals surface area contributed by atoms with Gasteiger partial charge in [0.1, 0.15) is 0 Å². The van der Waals surface area contributed by atoms with Gasteiger partial charge in [-0.2, -0.15) is 0 Å². The summed E-state index contributed by atoms with van der Waals surface area (Å²) in [5, 5.41) is 7.69. The largest absolute Gasteiger partial charge is 0.356 e. The lowest BCUT2D eigenvalue weighted by Gasteiger charge is -2.08. The van der Waals surface area contributed by atoms with E-state index < -0.39 is 0 Å². The first-order valence-corrected chi connectivity index (χ1v) is 7.09. The molecule has 5 heteroatoms. The zero-order chi connectivity index (χ0) is 14.4. The molecule has 1 aromatic carbocycles. The number of rotatable bonds is 6. The van der Waals surface area contributed by atoms with Gasteiger partial charge < -0.3 is 10.6 Å². The average molecular weight is 292 g/mol. The molecule has 2 rings (SSSR count). The van der Waals surface area contributed by atoms with E-state index in [-0.39, 0.29) is 5.91 Å². The number of hydrogen-bond donors (Lipinski definition) is 2. The van der Waals surface area contributed by atoms with Crippen molar-refractivity contribution in [2.24, 2.45) is 0 Å². The fraction of sp³-hybridized carbons (Fsp3) is 0.333. The van der Waals surface area contributed by atoms with E-state index in [0.717, 1.165) is 16.5 Å². The number of carbonyl (C=O) groups is 1. The molecule has 2 aromatic rings. The molecule has 0 spiro atoms. The molecule has 1 amide bonds.